The lowest BCUT2D eigenvalue weighted by atomic mass is 9.79. The molecule has 0 heterocycles. The van der Waals surface area contributed by atoms with Gasteiger partial charge in [-0.2, -0.15) is 0 Å². The van der Waals surface area contributed by atoms with E-state index in [-0.39, 0.29) is 17.9 Å². The third kappa shape index (κ3) is 4.22. The van der Waals surface area contributed by atoms with Crippen LogP contribution in [0.1, 0.15) is 64.7 Å². The van der Waals surface area contributed by atoms with Gasteiger partial charge in [-0.3, -0.25) is 9.59 Å². The number of aliphatic carboxylic acids is 1. The zero-order valence-corrected chi connectivity index (χ0v) is 12.4. The molecule has 0 spiro atoms. The maximum atomic E-state index is 12.1. The Balaban J connectivity index is 1.71. The maximum Gasteiger partial charge on any atom is 0.306 e. The van der Waals surface area contributed by atoms with Crippen LogP contribution < -0.4 is 5.32 Å². The van der Waals surface area contributed by atoms with Gasteiger partial charge in [0.25, 0.3) is 0 Å². The molecule has 1 amide bonds. The van der Waals surface area contributed by atoms with Crippen LogP contribution in [0.5, 0.6) is 0 Å². The summed E-state index contributed by atoms with van der Waals surface area (Å²) in [6.45, 7) is 2.18. The van der Waals surface area contributed by atoms with Crippen LogP contribution in [0.4, 0.5) is 0 Å². The molecular weight excluding hydrogens is 254 g/mol. The predicted molar refractivity (Wildman–Crippen MR) is 77.3 cm³/mol. The Kier molecular flexibility index (Phi) is 5.44. The number of amides is 1. The fraction of sp³-hybridized carbons (Fsp3) is 0.875. The molecule has 0 radical (unpaired) electrons. The molecule has 2 fully saturated rings. The molecule has 1 unspecified atom stereocenters. The van der Waals surface area contributed by atoms with Crippen molar-refractivity contribution in [2.24, 2.45) is 17.8 Å². The van der Waals surface area contributed by atoms with E-state index in [1.165, 1.54) is 32.1 Å². The minimum absolute atomic E-state index is 0.0714. The van der Waals surface area contributed by atoms with E-state index in [1.807, 2.05) is 0 Å². The third-order valence-corrected chi connectivity index (χ3v) is 5.11. The molecular formula is C16H27NO3. The molecule has 0 saturated heterocycles. The lowest BCUT2D eigenvalue weighted by Gasteiger charge is -2.27. The lowest BCUT2D eigenvalue weighted by Crippen LogP contribution is -2.35. The summed E-state index contributed by atoms with van der Waals surface area (Å²) in [4.78, 5) is 23.0. The maximum absolute atomic E-state index is 12.1. The molecule has 4 nitrogen and oxygen atoms in total. The van der Waals surface area contributed by atoms with Crippen molar-refractivity contribution in [3.8, 4) is 0 Å². The summed E-state index contributed by atoms with van der Waals surface area (Å²) in [5, 5.41) is 12.0. The Bertz CT molecular complexity index is 350. The quantitative estimate of drug-likeness (QED) is 0.814. The van der Waals surface area contributed by atoms with Crippen LogP contribution in [0.15, 0.2) is 0 Å². The number of rotatable bonds is 5. The minimum atomic E-state index is -0.725. The first-order valence-corrected chi connectivity index (χ1v) is 8.08. The molecule has 0 bridgehead atoms. The topological polar surface area (TPSA) is 66.4 Å². The van der Waals surface area contributed by atoms with Gasteiger partial charge in [0.1, 0.15) is 0 Å². The second kappa shape index (κ2) is 7.09. The average molecular weight is 281 g/mol. The SMILES string of the molecule is CC(CC(=O)N[C@H]1CC[C@@H](C(=O)O)C1)C1CCCCC1. The summed E-state index contributed by atoms with van der Waals surface area (Å²) in [6, 6.07) is 0.0714. The molecule has 3 atom stereocenters. The van der Waals surface area contributed by atoms with Gasteiger partial charge < -0.3 is 10.4 Å². The van der Waals surface area contributed by atoms with E-state index in [0.29, 0.717) is 31.1 Å². The highest BCUT2D eigenvalue weighted by molar-refractivity contribution is 5.77. The summed E-state index contributed by atoms with van der Waals surface area (Å²) in [5.41, 5.74) is 0. The Morgan fingerprint density at radius 2 is 1.85 bits per heavy atom. The van der Waals surface area contributed by atoms with Crippen molar-refractivity contribution in [1.29, 1.82) is 0 Å². The molecule has 4 heteroatoms. The van der Waals surface area contributed by atoms with Gasteiger partial charge in [0.2, 0.25) is 5.91 Å². The smallest absolute Gasteiger partial charge is 0.306 e. The van der Waals surface area contributed by atoms with Crippen molar-refractivity contribution in [2.45, 2.75) is 70.8 Å². The van der Waals surface area contributed by atoms with Crippen LogP contribution in [-0.4, -0.2) is 23.0 Å². The highest BCUT2D eigenvalue weighted by Crippen LogP contribution is 2.31. The second-order valence-electron chi connectivity index (χ2n) is 6.69. The van der Waals surface area contributed by atoms with E-state index in [4.69, 9.17) is 5.11 Å². The van der Waals surface area contributed by atoms with E-state index >= 15 is 0 Å². The summed E-state index contributed by atoms with van der Waals surface area (Å²) in [6.07, 6.45) is 9.17. The highest BCUT2D eigenvalue weighted by Gasteiger charge is 2.31. The van der Waals surface area contributed by atoms with Gasteiger partial charge in [-0.05, 0) is 31.1 Å². The van der Waals surface area contributed by atoms with Crippen molar-refractivity contribution in [3.63, 3.8) is 0 Å². The molecule has 2 rings (SSSR count). The number of hydrogen-bond donors (Lipinski definition) is 2. The highest BCUT2D eigenvalue weighted by atomic mass is 16.4. The van der Waals surface area contributed by atoms with Gasteiger partial charge in [0.05, 0.1) is 5.92 Å². The number of carbonyl (C=O) groups excluding carboxylic acids is 1. The Hall–Kier alpha value is -1.06. The lowest BCUT2D eigenvalue weighted by molar-refractivity contribution is -0.141. The van der Waals surface area contributed by atoms with Crippen LogP contribution in [0.25, 0.3) is 0 Å². The van der Waals surface area contributed by atoms with Crippen molar-refractivity contribution in [1.82, 2.24) is 5.32 Å². The first-order valence-electron chi connectivity index (χ1n) is 8.08. The van der Waals surface area contributed by atoms with Crippen LogP contribution >= 0.6 is 0 Å². The van der Waals surface area contributed by atoms with Gasteiger partial charge in [0.15, 0.2) is 0 Å². The normalized spacial score (nSPS) is 29.1. The first kappa shape index (κ1) is 15.3. The van der Waals surface area contributed by atoms with Crippen LogP contribution in [0.2, 0.25) is 0 Å². The number of hydrogen-bond acceptors (Lipinski definition) is 2. The first-order chi connectivity index (χ1) is 9.56. The van der Waals surface area contributed by atoms with E-state index in [2.05, 4.69) is 12.2 Å². The number of nitrogens with one attached hydrogen (secondary N) is 1. The molecule has 2 N–H and O–H groups in total. The summed E-state index contributed by atoms with van der Waals surface area (Å²) >= 11 is 0. The summed E-state index contributed by atoms with van der Waals surface area (Å²) in [7, 11) is 0. The van der Waals surface area contributed by atoms with Crippen LogP contribution in [0.3, 0.4) is 0 Å². The zero-order chi connectivity index (χ0) is 14.5. The van der Waals surface area contributed by atoms with Gasteiger partial charge in [0, 0.05) is 12.5 Å². The van der Waals surface area contributed by atoms with E-state index in [9.17, 15) is 9.59 Å². The Morgan fingerprint density at radius 1 is 1.15 bits per heavy atom. The van der Waals surface area contributed by atoms with E-state index in [0.717, 1.165) is 6.42 Å². The average Bonchev–Trinajstić information content (AvgIpc) is 2.88. The number of carboxylic acid groups (broad SMARTS) is 1. The fourth-order valence-corrected chi connectivity index (χ4v) is 3.79. The summed E-state index contributed by atoms with van der Waals surface area (Å²) in [5.74, 6) is 0.268. The molecule has 20 heavy (non-hydrogen) atoms. The molecule has 2 aliphatic carbocycles. The third-order valence-electron chi connectivity index (χ3n) is 5.11. The molecule has 0 aliphatic heterocycles. The molecule has 114 valence electrons. The van der Waals surface area contributed by atoms with Crippen LogP contribution in [0, 0.1) is 17.8 Å². The monoisotopic (exact) mass is 281 g/mol. The van der Waals surface area contributed by atoms with Crippen molar-refractivity contribution < 1.29 is 14.7 Å². The number of carboxylic acids is 1. The van der Waals surface area contributed by atoms with Crippen molar-refractivity contribution in [3.05, 3.63) is 0 Å². The standard InChI is InChI=1S/C16H27NO3/c1-11(12-5-3-2-4-6-12)9-15(18)17-14-8-7-13(10-14)16(19)20/h11-14H,2-10H2,1H3,(H,17,18)(H,19,20)/t11?,13-,14+/m1/s1. The van der Waals surface area contributed by atoms with Gasteiger partial charge >= 0.3 is 5.97 Å². The minimum Gasteiger partial charge on any atom is -0.481 e. The van der Waals surface area contributed by atoms with Crippen molar-refractivity contribution in [2.75, 3.05) is 0 Å². The van der Waals surface area contributed by atoms with Crippen LogP contribution in [-0.2, 0) is 9.59 Å². The fourth-order valence-electron chi connectivity index (χ4n) is 3.79. The van der Waals surface area contributed by atoms with Crippen molar-refractivity contribution >= 4 is 11.9 Å². The van der Waals surface area contributed by atoms with E-state index in [1.54, 1.807) is 0 Å². The second-order valence-corrected chi connectivity index (χ2v) is 6.69. The molecule has 0 aromatic carbocycles. The molecule has 0 aromatic rings. The largest absolute Gasteiger partial charge is 0.481 e. The molecule has 0 aromatic heterocycles. The molecule has 2 aliphatic rings. The number of carbonyl (C=O) groups is 2. The summed E-state index contributed by atoms with van der Waals surface area (Å²) < 4.78 is 0. The van der Waals surface area contributed by atoms with Gasteiger partial charge in [-0.1, -0.05) is 39.0 Å². The molecule has 2 saturated carbocycles. The van der Waals surface area contributed by atoms with Gasteiger partial charge in [-0.15, -0.1) is 0 Å². The zero-order valence-electron chi connectivity index (χ0n) is 12.4. The predicted octanol–water partition coefficient (Wildman–Crippen LogP) is 2.96. The Morgan fingerprint density at radius 3 is 2.45 bits per heavy atom. The Labute approximate surface area is 121 Å². The van der Waals surface area contributed by atoms with E-state index < -0.39 is 5.97 Å². The van der Waals surface area contributed by atoms with Gasteiger partial charge in [-0.25, -0.2) is 0 Å².